The summed E-state index contributed by atoms with van der Waals surface area (Å²) in [6.07, 6.45) is 4.60. The van der Waals surface area contributed by atoms with E-state index in [9.17, 15) is 0 Å². The van der Waals surface area contributed by atoms with Crippen LogP contribution in [-0.4, -0.2) is 17.7 Å². The molecule has 5 heteroatoms. The molecule has 0 saturated carbocycles. The van der Waals surface area contributed by atoms with Gasteiger partial charge in [-0.15, -0.1) is 0 Å². The Morgan fingerprint density at radius 1 is 0.844 bits per heavy atom. The van der Waals surface area contributed by atoms with Crippen LogP contribution in [0.5, 0.6) is 5.75 Å². The molecule has 1 N–H and O–H groups in total. The Bertz CT molecular complexity index is 1150. The van der Waals surface area contributed by atoms with Crippen molar-refractivity contribution in [2.45, 2.75) is 26.3 Å². The second-order valence-corrected chi connectivity index (χ2v) is 7.86. The maximum Gasteiger partial charge on any atom is 0.362 e. The molecule has 0 atom stereocenters. The Labute approximate surface area is 200 Å². The first kappa shape index (κ1) is 22.2. The molecule has 0 bridgehead atoms. The molecule has 1 aliphatic heterocycles. The van der Waals surface area contributed by atoms with Gasteiger partial charge in [0.1, 0.15) is 23.3 Å². The molecule has 0 fully saturated rings. The lowest BCUT2D eigenvalue weighted by Crippen LogP contribution is -3.00. The number of hydrogen-bond acceptors (Lipinski definition) is 2. The second-order valence-electron chi connectivity index (χ2n) is 7.86. The van der Waals surface area contributed by atoms with Crippen molar-refractivity contribution in [1.82, 2.24) is 4.57 Å². The number of rotatable bonds is 5. The van der Waals surface area contributed by atoms with Crippen LogP contribution >= 0.6 is 0 Å². The Morgan fingerprint density at radius 2 is 1.53 bits per heavy atom. The van der Waals surface area contributed by atoms with Crippen molar-refractivity contribution in [2.75, 3.05) is 18.5 Å². The summed E-state index contributed by atoms with van der Waals surface area (Å²) in [7, 11) is 0. The summed E-state index contributed by atoms with van der Waals surface area (Å²) in [5.74, 6) is 2.05. The molecule has 4 nitrogen and oxygen atoms in total. The molecule has 3 aromatic carbocycles. The standard InChI is InChI=1S/C27H27N3O.BrH/c1-2-31-25-16-14-24(15-17-25)30-20-26(29-19-7-6-18-28-27(29)30)23-12-10-22(11-13-23)21-8-4-3-5-9-21;/h3-5,8-17,20H,2,6-7,18-19H2,1H3;1H. The van der Waals surface area contributed by atoms with Crippen LogP contribution in [0.2, 0.25) is 0 Å². The lowest BCUT2D eigenvalue weighted by molar-refractivity contribution is -0.670. The van der Waals surface area contributed by atoms with Crippen molar-refractivity contribution in [2.24, 2.45) is 0 Å². The van der Waals surface area contributed by atoms with E-state index in [4.69, 9.17) is 4.74 Å². The van der Waals surface area contributed by atoms with E-state index in [1.807, 2.05) is 19.1 Å². The number of aromatic nitrogens is 2. The highest BCUT2D eigenvalue weighted by Crippen LogP contribution is 2.28. The quantitative estimate of drug-likeness (QED) is 0.437. The Balaban J connectivity index is 0.00000245. The van der Waals surface area contributed by atoms with Gasteiger partial charge in [0.25, 0.3) is 0 Å². The second kappa shape index (κ2) is 10.0. The first-order chi connectivity index (χ1) is 15.3. The third-order valence-electron chi connectivity index (χ3n) is 5.83. The average Bonchev–Trinajstić information content (AvgIpc) is 3.01. The number of anilines is 1. The van der Waals surface area contributed by atoms with Gasteiger partial charge in [0.15, 0.2) is 0 Å². The third-order valence-corrected chi connectivity index (χ3v) is 5.83. The Hall–Kier alpha value is -3.05. The first-order valence-electron chi connectivity index (χ1n) is 11.1. The molecular formula is C27H28BrN3O. The van der Waals surface area contributed by atoms with E-state index in [1.165, 1.54) is 35.2 Å². The van der Waals surface area contributed by atoms with Crippen molar-refractivity contribution >= 4 is 5.95 Å². The summed E-state index contributed by atoms with van der Waals surface area (Å²) in [5.41, 5.74) is 6.08. The number of halogens is 1. The zero-order valence-electron chi connectivity index (χ0n) is 18.3. The summed E-state index contributed by atoms with van der Waals surface area (Å²) in [6.45, 7) is 4.70. The Kier molecular flexibility index (Phi) is 6.96. The van der Waals surface area contributed by atoms with Gasteiger partial charge >= 0.3 is 5.95 Å². The summed E-state index contributed by atoms with van der Waals surface area (Å²) >= 11 is 0. The van der Waals surface area contributed by atoms with Gasteiger partial charge in [-0.05, 0) is 55.2 Å². The molecule has 1 aliphatic rings. The molecule has 0 amide bonds. The summed E-state index contributed by atoms with van der Waals surface area (Å²) in [4.78, 5) is 0. The first-order valence-corrected chi connectivity index (χ1v) is 11.1. The van der Waals surface area contributed by atoms with Crippen molar-refractivity contribution in [3.63, 3.8) is 0 Å². The molecule has 5 rings (SSSR count). The average molecular weight is 490 g/mol. The van der Waals surface area contributed by atoms with Crippen LogP contribution in [-0.2, 0) is 6.54 Å². The van der Waals surface area contributed by atoms with E-state index in [1.54, 1.807) is 0 Å². The minimum Gasteiger partial charge on any atom is -1.00 e. The molecule has 1 aromatic heterocycles. The van der Waals surface area contributed by atoms with E-state index in [2.05, 4.69) is 87.4 Å². The largest absolute Gasteiger partial charge is 1.00 e. The van der Waals surface area contributed by atoms with Crippen LogP contribution in [0.4, 0.5) is 5.95 Å². The molecule has 0 spiro atoms. The van der Waals surface area contributed by atoms with Crippen LogP contribution in [0.3, 0.4) is 0 Å². The van der Waals surface area contributed by atoms with Gasteiger partial charge in [0.05, 0.1) is 19.7 Å². The molecule has 0 saturated heterocycles. The maximum absolute atomic E-state index is 5.62. The zero-order valence-corrected chi connectivity index (χ0v) is 19.9. The maximum atomic E-state index is 5.62. The van der Waals surface area contributed by atoms with Gasteiger partial charge in [-0.2, -0.15) is 0 Å². The van der Waals surface area contributed by atoms with Gasteiger partial charge in [-0.25, -0.2) is 9.13 Å². The molecule has 0 radical (unpaired) electrons. The predicted molar refractivity (Wildman–Crippen MR) is 126 cm³/mol. The van der Waals surface area contributed by atoms with Crippen LogP contribution in [0.15, 0.2) is 85.1 Å². The van der Waals surface area contributed by atoms with E-state index < -0.39 is 0 Å². The minimum atomic E-state index is 0. The Morgan fingerprint density at radius 3 is 2.25 bits per heavy atom. The van der Waals surface area contributed by atoms with E-state index in [0.717, 1.165) is 30.5 Å². The normalized spacial score (nSPS) is 12.8. The molecular weight excluding hydrogens is 462 g/mol. The number of hydrogen-bond donors (Lipinski definition) is 1. The van der Waals surface area contributed by atoms with E-state index >= 15 is 0 Å². The smallest absolute Gasteiger partial charge is 0.362 e. The number of ether oxygens (including phenoxy) is 1. The van der Waals surface area contributed by atoms with Gasteiger partial charge in [-0.3, -0.25) is 5.32 Å². The number of benzene rings is 3. The monoisotopic (exact) mass is 489 g/mol. The van der Waals surface area contributed by atoms with Gasteiger partial charge < -0.3 is 21.7 Å². The molecule has 0 unspecified atom stereocenters. The predicted octanol–water partition coefficient (Wildman–Crippen LogP) is 2.71. The molecule has 2 heterocycles. The van der Waals surface area contributed by atoms with Crippen molar-refractivity contribution < 1.29 is 26.3 Å². The number of nitrogens with zero attached hydrogens (tertiary/aromatic N) is 2. The lowest BCUT2D eigenvalue weighted by atomic mass is 10.0. The summed E-state index contributed by atoms with van der Waals surface area (Å²) in [6, 6.07) is 27.8. The highest BCUT2D eigenvalue weighted by Gasteiger charge is 2.26. The highest BCUT2D eigenvalue weighted by molar-refractivity contribution is 5.68. The van der Waals surface area contributed by atoms with Gasteiger partial charge in [0.2, 0.25) is 0 Å². The van der Waals surface area contributed by atoms with E-state index in [-0.39, 0.29) is 17.0 Å². The molecule has 0 aliphatic carbocycles. The third kappa shape index (κ3) is 4.44. The van der Waals surface area contributed by atoms with Gasteiger partial charge in [-0.1, -0.05) is 54.6 Å². The van der Waals surface area contributed by atoms with Crippen molar-refractivity contribution in [3.8, 4) is 33.8 Å². The fourth-order valence-corrected chi connectivity index (χ4v) is 4.26. The van der Waals surface area contributed by atoms with Crippen LogP contribution in [0.1, 0.15) is 19.8 Å². The van der Waals surface area contributed by atoms with Gasteiger partial charge in [0, 0.05) is 5.56 Å². The summed E-state index contributed by atoms with van der Waals surface area (Å²) in [5, 5.41) is 3.65. The van der Waals surface area contributed by atoms with Crippen LogP contribution in [0, 0.1) is 0 Å². The highest BCUT2D eigenvalue weighted by atomic mass is 79.9. The van der Waals surface area contributed by atoms with Crippen molar-refractivity contribution in [3.05, 3.63) is 85.1 Å². The molecule has 32 heavy (non-hydrogen) atoms. The number of fused-ring (bicyclic) bond motifs is 1. The fourth-order valence-electron chi connectivity index (χ4n) is 4.26. The molecule has 164 valence electrons. The molecule has 4 aromatic rings. The fraction of sp³-hybridized carbons (Fsp3) is 0.222. The van der Waals surface area contributed by atoms with Crippen molar-refractivity contribution in [1.29, 1.82) is 0 Å². The minimum absolute atomic E-state index is 0. The summed E-state index contributed by atoms with van der Waals surface area (Å²) < 4.78 is 10.3. The topological polar surface area (TPSA) is 30.1 Å². The lowest BCUT2D eigenvalue weighted by Gasteiger charge is -2.06. The number of imidazole rings is 1. The van der Waals surface area contributed by atoms with Crippen LogP contribution < -0.4 is 31.6 Å². The van der Waals surface area contributed by atoms with E-state index in [0.29, 0.717) is 6.61 Å². The zero-order chi connectivity index (χ0) is 21.0. The number of nitrogens with one attached hydrogen (secondary N) is 1. The van der Waals surface area contributed by atoms with Crippen LogP contribution in [0.25, 0.3) is 28.1 Å². The SMILES string of the molecule is CCOc1ccc(-n2cc(-c3ccc(-c4ccccc4)cc3)[n+]3c2NCCCC3)cc1.[Br-].